The minimum atomic E-state index is 0.288. The Morgan fingerprint density at radius 1 is 1.11 bits per heavy atom. The van der Waals surface area contributed by atoms with Crippen molar-refractivity contribution in [3.63, 3.8) is 0 Å². The number of nitrogens with zero attached hydrogens (tertiary/aromatic N) is 2. The first kappa shape index (κ1) is 13.3. The molecule has 0 aromatic heterocycles. The molecule has 18 heavy (non-hydrogen) atoms. The quantitative estimate of drug-likeness (QED) is 0.804. The smallest absolute Gasteiger partial charge is 0.0443 e. The van der Waals surface area contributed by atoms with Crippen molar-refractivity contribution in [1.29, 1.82) is 0 Å². The van der Waals surface area contributed by atoms with Crippen LogP contribution in [-0.2, 0) is 6.54 Å². The molecule has 2 rings (SSSR count). The van der Waals surface area contributed by atoms with Crippen molar-refractivity contribution < 1.29 is 5.11 Å². The molecule has 1 fully saturated rings. The molecule has 0 atom stereocenters. The molecule has 0 saturated carbocycles. The molecule has 1 aliphatic rings. The highest BCUT2D eigenvalue weighted by Gasteiger charge is 2.17. The Morgan fingerprint density at radius 2 is 1.83 bits per heavy atom. The molecule has 0 unspecified atom stereocenters. The summed E-state index contributed by atoms with van der Waals surface area (Å²) in [6.07, 6.45) is 0.874. The van der Waals surface area contributed by atoms with E-state index < -0.39 is 0 Å². The second kappa shape index (κ2) is 6.73. The number of para-hydroxylation sites is 1. The molecule has 0 radical (unpaired) electrons. The zero-order chi connectivity index (χ0) is 12.8. The van der Waals surface area contributed by atoms with Gasteiger partial charge in [0.15, 0.2) is 0 Å². The molecule has 0 amide bonds. The Morgan fingerprint density at radius 3 is 2.50 bits per heavy atom. The number of nitrogens with two attached hydrogens (primary N) is 1. The maximum atomic E-state index is 8.84. The summed E-state index contributed by atoms with van der Waals surface area (Å²) in [6.45, 7) is 6.11. The third kappa shape index (κ3) is 3.22. The number of hydrogen-bond acceptors (Lipinski definition) is 4. The van der Waals surface area contributed by atoms with Crippen molar-refractivity contribution in [2.75, 3.05) is 44.2 Å². The normalized spacial score (nSPS) is 17.1. The van der Waals surface area contributed by atoms with Gasteiger partial charge in [0, 0.05) is 51.6 Å². The summed E-state index contributed by atoms with van der Waals surface area (Å²) >= 11 is 0. The number of benzene rings is 1. The standard InChI is InChI=1S/C14H23N3O/c15-12-13-4-1-2-5-14(13)17-9-7-16(8-10-17)6-3-11-18/h1-2,4-5,18H,3,6-12,15H2. The summed E-state index contributed by atoms with van der Waals surface area (Å²) in [5.41, 5.74) is 8.29. The van der Waals surface area contributed by atoms with Gasteiger partial charge < -0.3 is 15.7 Å². The van der Waals surface area contributed by atoms with E-state index in [1.807, 2.05) is 6.07 Å². The first-order chi connectivity index (χ1) is 8.85. The van der Waals surface area contributed by atoms with Crippen LogP contribution in [0.2, 0.25) is 0 Å². The SMILES string of the molecule is NCc1ccccc1N1CCN(CCCO)CC1. The third-order valence-electron chi connectivity index (χ3n) is 3.56. The molecule has 1 aliphatic heterocycles. The predicted octanol–water partition coefficient (Wildman–Crippen LogP) is 0.650. The first-order valence-corrected chi connectivity index (χ1v) is 6.71. The topological polar surface area (TPSA) is 52.7 Å². The highest BCUT2D eigenvalue weighted by molar-refractivity contribution is 5.53. The van der Waals surface area contributed by atoms with Gasteiger partial charge in [-0.15, -0.1) is 0 Å². The highest BCUT2D eigenvalue weighted by Crippen LogP contribution is 2.21. The van der Waals surface area contributed by atoms with E-state index in [-0.39, 0.29) is 6.61 Å². The van der Waals surface area contributed by atoms with Crippen LogP contribution in [0.15, 0.2) is 24.3 Å². The van der Waals surface area contributed by atoms with E-state index >= 15 is 0 Å². The molecular formula is C14H23N3O. The molecule has 1 aromatic rings. The first-order valence-electron chi connectivity index (χ1n) is 6.71. The van der Waals surface area contributed by atoms with Crippen molar-refractivity contribution in [3.8, 4) is 0 Å². The van der Waals surface area contributed by atoms with Crippen molar-refractivity contribution in [2.45, 2.75) is 13.0 Å². The van der Waals surface area contributed by atoms with Crippen LogP contribution in [0.25, 0.3) is 0 Å². The van der Waals surface area contributed by atoms with Gasteiger partial charge in [0.05, 0.1) is 0 Å². The van der Waals surface area contributed by atoms with Crippen molar-refractivity contribution in [3.05, 3.63) is 29.8 Å². The summed E-state index contributed by atoms with van der Waals surface area (Å²) in [4.78, 5) is 4.83. The lowest BCUT2D eigenvalue weighted by atomic mass is 10.1. The van der Waals surface area contributed by atoms with Crippen LogP contribution in [0.1, 0.15) is 12.0 Å². The van der Waals surface area contributed by atoms with Crippen LogP contribution in [0.5, 0.6) is 0 Å². The Hall–Kier alpha value is -1.10. The molecule has 1 aromatic carbocycles. The van der Waals surface area contributed by atoms with Crippen LogP contribution in [0.3, 0.4) is 0 Å². The number of piperazine rings is 1. The monoisotopic (exact) mass is 249 g/mol. The molecule has 0 bridgehead atoms. The van der Waals surface area contributed by atoms with Crippen LogP contribution in [0.4, 0.5) is 5.69 Å². The Balaban J connectivity index is 1.92. The molecule has 3 N–H and O–H groups in total. The van der Waals surface area contributed by atoms with Gasteiger partial charge in [-0.05, 0) is 18.1 Å². The van der Waals surface area contributed by atoms with E-state index in [4.69, 9.17) is 10.8 Å². The fraction of sp³-hybridized carbons (Fsp3) is 0.571. The van der Waals surface area contributed by atoms with Gasteiger partial charge in [-0.25, -0.2) is 0 Å². The van der Waals surface area contributed by atoms with Gasteiger partial charge in [0.1, 0.15) is 0 Å². The average molecular weight is 249 g/mol. The maximum Gasteiger partial charge on any atom is 0.0443 e. The lowest BCUT2D eigenvalue weighted by molar-refractivity contribution is 0.216. The maximum absolute atomic E-state index is 8.84. The number of anilines is 1. The summed E-state index contributed by atoms with van der Waals surface area (Å²) in [5.74, 6) is 0. The van der Waals surface area contributed by atoms with E-state index in [1.54, 1.807) is 0 Å². The van der Waals surface area contributed by atoms with Crippen molar-refractivity contribution >= 4 is 5.69 Å². The highest BCUT2D eigenvalue weighted by atomic mass is 16.3. The number of rotatable bonds is 5. The summed E-state index contributed by atoms with van der Waals surface area (Å²) < 4.78 is 0. The lowest BCUT2D eigenvalue weighted by Gasteiger charge is -2.36. The van der Waals surface area contributed by atoms with E-state index in [2.05, 4.69) is 28.0 Å². The van der Waals surface area contributed by atoms with Crippen molar-refractivity contribution in [2.24, 2.45) is 5.73 Å². The molecule has 4 heteroatoms. The minimum Gasteiger partial charge on any atom is -0.396 e. The van der Waals surface area contributed by atoms with Gasteiger partial charge in [-0.1, -0.05) is 18.2 Å². The van der Waals surface area contributed by atoms with Gasteiger partial charge in [-0.2, -0.15) is 0 Å². The van der Waals surface area contributed by atoms with Crippen molar-refractivity contribution in [1.82, 2.24) is 4.90 Å². The fourth-order valence-corrected chi connectivity index (χ4v) is 2.50. The molecule has 0 spiro atoms. The fourth-order valence-electron chi connectivity index (χ4n) is 2.50. The van der Waals surface area contributed by atoms with Gasteiger partial charge in [-0.3, -0.25) is 4.90 Å². The van der Waals surface area contributed by atoms with Gasteiger partial charge in [0.25, 0.3) is 0 Å². The van der Waals surface area contributed by atoms with E-state index in [1.165, 1.54) is 11.3 Å². The second-order valence-corrected chi connectivity index (χ2v) is 4.74. The Bertz CT molecular complexity index is 362. The van der Waals surface area contributed by atoms with Crippen LogP contribution >= 0.6 is 0 Å². The molecule has 4 nitrogen and oxygen atoms in total. The van der Waals surface area contributed by atoms with Crippen LogP contribution in [-0.4, -0.2) is 49.3 Å². The number of aliphatic hydroxyl groups is 1. The van der Waals surface area contributed by atoms with Gasteiger partial charge in [0.2, 0.25) is 0 Å². The second-order valence-electron chi connectivity index (χ2n) is 4.74. The molecule has 100 valence electrons. The zero-order valence-electron chi connectivity index (χ0n) is 10.9. The minimum absolute atomic E-state index is 0.288. The third-order valence-corrected chi connectivity index (χ3v) is 3.56. The number of hydrogen-bond donors (Lipinski definition) is 2. The average Bonchev–Trinajstić information content (AvgIpc) is 2.45. The summed E-state index contributed by atoms with van der Waals surface area (Å²) in [7, 11) is 0. The molecule has 0 aliphatic carbocycles. The van der Waals surface area contributed by atoms with Crippen LogP contribution in [0, 0.1) is 0 Å². The Labute approximate surface area is 109 Å². The van der Waals surface area contributed by atoms with E-state index in [9.17, 15) is 0 Å². The number of aliphatic hydroxyl groups excluding tert-OH is 1. The zero-order valence-corrected chi connectivity index (χ0v) is 10.9. The van der Waals surface area contributed by atoms with E-state index in [0.717, 1.165) is 39.1 Å². The predicted molar refractivity (Wildman–Crippen MR) is 74.7 cm³/mol. The molecular weight excluding hydrogens is 226 g/mol. The Kier molecular flexibility index (Phi) is 4.99. The van der Waals surface area contributed by atoms with Crippen LogP contribution < -0.4 is 10.6 Å². The molecule has 1 saturated heterocycles. The largest absolute Gasteiger partial charge is 0.396 e. The van der Waals surface area contributed by atoms with Gasteiger partial charge >= 0.3 is 0 Å². The summed E-state index contributed by atoms with van der Waals surface area (Å²) in [5, 5.41) is 8.84. The molecule has 1 heterocycles. The lowest BCUT2D eigenvalue weighted by Crippen LogP contribution is -2.47. The van der Waals surface area contributed by atoms with E-state index in [0.29, 0.717) is 6.54 Å². The summed E-state index contributed by atoms with van der Waals surface area (Å²) in [6, 6.07) is 8.38.